The minimum atomic E-state index is -4.61. The van der Waals surface area contributed by atoms with E-state index in [1.807, 2.05) is 0 Å². The van der Waals surface area contributed by atoms with Crippen molar-refractivity contribution in [3.8, 4) is 0 Å². The quantitative estimate of drug-likeness (QED) is 0.0254. The van der Waals surface area contributed by atoms with Crippen LogP contribution in [0.5, 0.6) is 0 Å². The van der Waals surface area contributed by atoms with Crippen LogP contribution in [-0.4, -0.2) is 60.5 Å². The molecule has 47 heavy (non-hydrogen) atoms. The Morgan fingerprint density at radius 2 is 1.13 bits per heavy atom. The average Bonchev–Trinajstić information content (AvgIpc) is 3.04. The molecule has 0 aromatic heterocycles. The number of phosphoric acid groups is 1. The first-order valence-electron chi connectivity index (χ1n) is 18.4. The number of rotatable bonds is 35. The number of nitrogens with two attached hydrogens (primary N) is 1. The van der Waals surface area contributed by atoms with E-state index >= 15 is 0 Å². The SMILES string of the molecule is CCCC/C=C\CCCCCCCC(=O)OC(COCCCCCCCC/C=C\CCCCCC)COP(=O)(O)OCC(N)C(=O)O. The summed E-state index contributed by atoms with van der Waals surface area (Å²) >= 11 is 0. The van der Waals surface area contributed by atoms with Gasteiger partial charge in [-0.3, -0.25) is 18.6 Å². The lowest BCUT2D eigenvalue weighted by Crippen LogP contribution is -2.34. The molecule has 3 unspecified atom stereocenters. The molecule has 0 aromatic rings. The first-order valence-corrected chi connectivity index (χ1v) is 19.9. The second-order valence-electron chi connectivity index (χ2n) is 12.3. The van der Waals surface area contributed by atoms with Crippen LogP contribution in [0.15, 0.2) is 24.3 Å². The van der Waals surface area contributed by atoms with Gasteiger partial charge in [0.15, 0.2) is 0 Å². The second kappa shape index (κ2) is 33.0. The molecule has 0 spiro atoms. The molecule has 4 N–H and O–H groups in total. The van der Waals surface area contributed by atoms with Gasteiger partial charge >= 0.3 is 19.8 Å². The summed E-state index contributed by atoms with van der Waals surface area (Å²) < 4.78 is 33.1. The molecule has 11 heteroatoms. The number of hydrogen-bond acceptors (Lipinski definition) is 8. The van der Waals surface area contributed by atoms with Crippen molar-refractivity contribution in [2.24, 2.45) is 5.73 Å². The third-order valence-electron chi connectivity index (χ3n) is 7.70. The zero-order valence-corrected chi connectivity index (χ0v) is 30.5. The van der Waals surface area contributed by atoms with Gasteiger partial charge in [0.25, 0.3) is 0 Å². The van der Waals surface area contributed by atoms with Crippen LogP contribution in [0.1, 0.15) is 155 Å². The number of carboxylic acid groups (broad SMARTS) is 1. The molecule has 0 aliphatic heterocycles. The predicted octanol–water partition coefficient (Wildman–Crippen LogP) is 9.19. The topological polar surface area (TPSA) is 155 Å². The van der Waals surface area contributed by atoms with Crippen molar-refractivity contribution < 1.29 is 42.7 Å². The number of ether oxygens (including phenoxy) is 2. The standard InChI is InChI=1S/C36H68NO9P/c1-3-5-7-9-11-13-15-16-17-19-21-23-25-27-29-43-30-33(31-44-47(41,42)45-32-34(37)36(39)40)46-35(38)28-26-24-22-20-18-14-12-10-8-6-4-2/h10,12-13,15,33-34H,3-9,11,14,16-32,37H2,1-2H3,(H,39,40)(H,41,42)/b12-10-,15-13-. The smallest absolute Gasteiger partial charge is 0.472 e. The number of esters is 1. The van der Waals surface area contributed by atoms with E-state index in [1.54, 1.807) is 0 Å². The lowest BCUT2D eigenvalue weighted by molar-refractivity contribution is -0.154. The predicted molar refractivity (Wildman–Crippen MR) is 189 cm³/mol. The van der Waals surface area contributed by atoms with Crippen LogP contribution < -0.4 is 5.73 Å². The fourth-order valence-corrected chi connectivity index (χ4v) is 5.53. The molecule has 0 aromatic carbocycles. The maximum atomic E-state index is 12.5. The van der Waals surface area contributed by atoms with E-state index in [-0.39, 0.29) is 13.0 Å². The molecular formula is C36H68NO9P. The first-order chi connectivity index (χ1) is 22.7. The molecule has 0 fully saturated rings. The van der Waals surface area contributed by atoms with Crippen molar-refractivity contribution in [3.05, 3.63) is 24.3 Å². The largest absolute Gasteiger partial charge is 0.480 e. The van der Waals surface area contributed by atoms with Crippen molar-refractivity contribution in [1.82, 2.24) is 0 Å². The molecule has 10 nitrogen and oxygen atoms in total. The fourth-order valence-electron chi connectivity index (χ4n) is 4.75. The summed E-state index contributed by atoms with van der Waals surface area (Å²) in [5.74, 6) is -1.79. The molecule has 276 valence electrons. The molecule has 0 saturated carbocycles. The lowest BCUT2D eigenvalue weighted by Gasteiger charge is -2.20. The molecule has 0 amide bonds. The van der Waals surface area contributed by atoms with E-state index < -0.39 is 45.1 Å². The Balaban J connectivity index is 4.33. The van der Waals surface area contributed by atoms with E-state index in [1.165, 1.54) is 64.2 Å². The van der Waals surface area contributed by atoms with Crippen molar-refractivity contribution in [3.63, 3.8) is 0 Å². The second-order valence-corrected chi connectivity index (χ2v) is 13.8. The summed E-state index contributed by atoms with van der Waals surface area (Å²) in [6.07, 6.45) is 32.3. The van der Waals surface area contributed by atoms with Crippen molar-refractivity contribution in [2.45, 2.75) is 167 Å². The van der Waals surface area contributed by atoms with Crippen molar-refractivity contribution >= 4 is 19.8 Å². The Morgan fingerprint density at radius 1 is 0.660 bits per heavy atom. The maximum Gasteiger partial charge on any atom is 0.472 e. The minimum absolute atomic E-state index is 0.0108. The number of carboxylic acids is 1. The Hall–Kier alpha value is -1.55. The molecular weight excluding hydrogens is 621 g/mol. The Morgan fingerprint density at radius 3 is 1.68 bits per heavy atom. The number of hydrogen-bond donors (Lipinski definition) is 3. The van der Waals surface area contributed by atoms with E-state index in [4.69, 9.17) is 24.8 Å². The highest BCUT2D eigenvalue weighted by Gasteiger charge is 2.27. The van der Waals surface area contributed by atoms with Gasteiger partial charge in [0.2, 0.25) is 0 Å². The zero-order chi connectivity index (χ0) is 34.9. The maximum absolute atomic E-state index is 12.5. The molecule has 0 radical (unpaired) electrons. The molecule has 0 aliphatic rings. The van der Waals surface area contributed by atoms with Gasteiger partial charge in [-0.25, -0.2) is 4.57 Å². The van der Waals surface area contributed by atoms with Gasteiger partial charge < -0.3 is 25.2 Å². The highest BCUT2D eigenvalue weighted by atomic mass is 31.2. The number of phosphoric ester groups is 1. The third-order valence-corrected chi connectivity index (χ3v) is 8.65. The van der Waals surface area contributed by atoms with Crippen LogP contribution in [0, 0.1) is 0 Å². The number of allylic oxidation sites excluding steroid dienone is 4. The first kappa shape index (κ1) is 45.5. The van der Waals surface area contributed by atoms with Gasteiger partial charge in [-0.05, 0) is 57.8 Å². The molecule has 0 heterocycles. The summed E-state index contributed by atoms with van der Waals surface area (Å²) in [7, 11) is -4.61. The summed E-state index contributed by atoms with van der Waals surface area (Å²) in [4.78, 5) is 33.3. The Labute approximate surface area is 285 Å². The van der Waals surface area contributed by atoms with Crippen LogP contribution in [0.4, 0.5) is 0 Å². The van der Waals surface area contributed by atoms with Gasteiger partial charge in [0, 0.05) is 13.0 Å². The highest BCUT2D eigenvalue weighted by molar-refractivity contribution is 7.47. The zero-order valence-electron chi connectivity index (χ0n) is 29.6. The number of aliphatic carboxylic acids is 1. The minimum Gasteiger partial charge on any atom is -0.480 e. The van der Waals surface area contributed by atoms with Crippen LogP contribution in [0.25, 0.3) is 0 Å². The summed E-state index contributed by atoms with van der Waals surface area (Å²) in [5.41, 5.74) is 5.33. The van der Waals surface area contributed by atoms with E-state index in [9.17, 15) is 19.0 Å². The van der Waals surface area contributed by atoms with Crippen molar-refractivity contribution in [2.75, 3.05) is 26.4 Å². The molecule has 0 rings (SSSR count). The average molecular weight is 690 g/mol. The number of unbranched alkanes of at least 4 members (excludes halogenated alkanes) is 17. The van der Waals surface area contributed by atoms with Crippen molar-refractivity contribution in [1.29, 1.82) is 0 Å². The third kappa shape index (κ3) is 32.8. The van der Waals surface area contributed by atoms with Gasteiger partial charge in [-0.2, -0.15) is 0 Å². The van der Waals surface area contributed by atoms with Gasteiger partial charge in [-0.1, -0.05) is 115 Å². The normalized spacial score (nSPS) is 14.5. The molecule has 0 aliphatic carbocycles. The van der Waals surface area contributed by atoms with Crippen LogP contribution in [-0.2, 0) is 32.7 Å². The Kier molecular flexibility index (Phi) is 31.9. The van der Waals surface area contributed by atoms with Crippen LogP contribution in [0.3, 0.4) is 0 Å². The van der Waals surface area contributed by atoms with Crippen LogP contribution in [0.2, 0.25) is 0 Å². The monoisotopic (exact) mass is 689 g/mol. The summed E-state index contributed by atoms with van der Waals surface area (Å²) in [6.45, 7) is 3.78. The fraction of sp³-hybridized carbons (Fsp3) is 0.833. The summed E-state index contributed by atoms with van der Waals surface area (Å²) in [5, 5.41) is 8.85. The van der Waals surface area contributed by atoms with Gasteiger partial charge in [-0.15, -0.1) is 0 Å². The van der Waals surface area contributed by atoms with E-state index in [2.05, 4.69) is 42.7 Å². The number of carbonyl (C=O) groups is 2. The lowest BCUT2D eigenvalue weighted by atomic mass is 10.1. The van der Waals surface area contributed by atoms with E-state index in [0.717, 1.165) is 64.2 Å². The van der Waals surface area contributed by atoms with E-state index in [0.29, 0.717) is 13.0 Å². The summed E-state index contributed by atoms with van der Waals surface area (Å²) in [6, 6.07) is -1.47. The Bertz CT molecular complexity index is 852. The molecule has 0 bridgehead atoms. The van der Waals surface area contributed by atoms with Crippen LogP contribution >= 0.6 is 7.82 Å². The van der Waals surface area contributed by atoms with Gasteiger partial charge in [0.1, 0.15) is 12.1 Å². The van der Waals surface area contributed by atoms with Gasteiger partial charge in [0.05, 0.1) is 19.8 Å². The number of carbonyl (C=O) groups excluding carboxylic acids is 1. The highest BCUT2D eigenvalue weighted by Crippen LogP contribution is 2.43. The molecule has 3 atom stereocenters. The molecule has 0 saturated heterocycles.